The number of nitrogens with one attached hydrogen (secondary N) is 1. The molecule has 0 saturated carbocycles. The molecule has 24 heavy (non-hydrogen) atoms. The third-order valence-electron chi connectivity index (χ3n) is 3.44. The van der Waals surface area contributed by atoms with Gasteiger partial charge in [0.1, 0.15) is 10.9 Å². The summed E-state index contributed by atoms with van der Waals surface area (Å²) in [6.07, 6.45) is 2.87. The van der Waals surface area contributed by atoms with Gasteiger partial charge in [-0.2, -0.15) is 5.26 Å². The van der Waals surface area contributed by atoms with E-state index in [4.69, 9.17) is 5.26 Å². The number of benzene rings is 1. The first-order chi connectivity index (χ1) is 11.5. The predicted molar refractivity (Wildman–Crippen MR) is 94.3 cm³/mol. The zero-order chi connectivity index (χ0) is 17.2. The van der Waals surface area contributed by atoms with Crippen LogP contribution >= 0.6 is 11.3 Å². The molecule has 0 unspecified atom stereocenters. The van der Waals surface area contributed by atoms with Crippen LogP contribution < -0.4 is 4.72 Å². The molecule has 0 aliphatic heterocycles. The van der Waals surface area contributed by atoms with Crippen LogP contribution in [0.4, 0.5) is 5.69 Å². The first-order valence-corrected chi connectivity index (χ1v) is 9.33. The summed E-state index contributed by atoms with van der Waals surface area (Å²) in [5.41, 5.74) is 2.18. The molecule has 0 radical (unpaired) electrons. The molecule has 3 rings (SSSR count). The molecule has 0 aliphatic rings. The number of aryl methyl sites for hydroxylation is 1. The van der Waals surface area contributed by atoms with Gasteiger partial charge in [-0.3, -0.25) is 9.71 Å². The van der Waals surface area contributed by atoms with E-state index in [1.807, 2.05) is 25.1 Å². The number of thiophene rings is 1. The van der Waals surface area contributed by atoms with Gasteiger partial charge < -0.3 is 0 Å². The van der Waals surface area contributed by atoms with Crippen LogP contribution in [-0.4, -0.2) is 13.4 Å². The number of rotatable bonds is 4. The molecule has 0 atom stereocenters. The number of nitrogens with zero attached hydrogens (tertiary/aromatic N) is 2. The van der Waals surface area contributed by atoms with Crippen LogP contribution in [0.1, 0.15) is 10.4 Å². The molecule has 0 bridgehead atoms. The van der Waals surface area contributed by atoms with E-state index in [0.29, 0.717) is 10.6 Å². The molecule has 0 saturated heterocycles. The highest BCUT2D eigenvalue weighted by atomic mass is 32.2. The number of hydrogen-bond donors (Lipinski definition) is 1. The average molecular weight is 355 g/mol. The molecule has 1 aromatic carbocycles. The Bertz CT molecular complexity index is 1020. The average Bonchev–Trinajstić information content (AvgIpc) is 3.07. The van der Waals surface area contributed by atoms with Crippen molar-refractivity contribution in [3.8, 4) is 16.5 Å². The number of hydrogen-bond acceptors (Lipinski definition) is 5. The van der Waals surface area contributed by atoms with Crippen molar-refractivity contribution >= 4 is 27.0 Å². The maximum absolute atomic E-state index is 12.5. The lowest BCUT2D eigenvalue weighted by Crippen LogP contribution is -2.13. The van der Waals surface area contributed by atoms with E-state index in [9.17, 15) is 8.42 Å². The fourth-order valence-electron chi connectivity index (χ4n) is 2.16. The van der Waals surface area contributed by atoms with Gasteiger partial charge >= 0.3 is 0 Å². The predicted octanol–water partition coefficient (Wildman–Crippen LogP) is 3.79. The molecular formula is C17H13N3O2S2. The summed E-state index contributed by atoms with van der Waals surface area (Å²) in [5, 5.41) is 8.94. The van der Waals surface area contributed by atoms with E-state index in [2.05, 4.69) is 15.8 Å². The van der Waals surface area contributed by atoms with Crippen LogP contribution in [-0.2, 0) is 10.0 Å². The van der Waals surface area contributed by atoms with E-state index in [1.165, 1.54) is 35.9 Å². The lowest BCUT2D eigenvalue weighted by atomic mass is 10.1. The summed E-state index contributed by atoms with van der Waals surface area (Å²) >= 11 is 1.37. The summed E-state index contributed by atoms with van der Waals surface area (Å²) < 4.78 is 27.6. The summed E-state index contributed by atoms with van der Waals surface area (Å²) in [4.78, 5) is 5.52. The maximum Gasteiger partial charge on any atom is 0.262 e. The normalized spacial score (nSPS) is 11.0. The van der Waals surface area contributed by atoms with Gasteiger partial charge in [-0.1, -0.05) is 12.1 Å². The minimum atomic E-state index is -3.67. The van der Waals surface area contributed by atoms with E-state index < -0.39 is 10.0 Å². The highest BCUT2D eigenvalue weighted by molar-refractivity contribution is 7.92. The van der Waals surface area contributed by atoms with E-state index in [1.54, 1.807) is 12.1 Å². The van der Waals surface area contributed by atoms with Crippen molar-refractivity contribution < 1.29 is 8.42 Å². The van der Waals surface area contributed by atoms with Crippen molar-refractivity contribution in [3.63, 3.8) is 0 Å². The van der Waals surface area contributed by atoms with E-state index in [-0.39, 0.29) is 4.90 Å². The quantitative estimate of drug-likeness (QED) is 0.772. The summed E-state index contributed by atoms with van der Waals surface area (Å²) in [7, 11) is -3.67. The fourth-order valence-corrected chi connectivity index (χ4v) is 4.07. The Balaban J connectivity index is 1.97. The molecule has 0 aliphatic carbocycles. The highest BCUT2D eigenvalue weighted by Crippen LogP contribution is 2.31. The number of aromatic nitrogens is 1. The largest absolute Gasteiger partial charge is 0.279 e. The molecule has 7 heteroatoms. The van der Waals surface area contributed by atoms with Crippen LogP contribution in [0, 0.1) is 18.3 Å². The Morgan fingerprint density at radius 2 is 1.88 bits per heavy atom. The fraction of sp³-hybridized carbons (Fsp3) is 0.0588. The second-order valence-electron chi connectivity index (χ2n) is 5.09. The zero-order valence-electron chi connectivity index (χ0n) is 12.7. The Hall–Kier alpha value is -2.69. The first-order valence-electron chi connectivity index (χ1n) is 7.03. The maximum atomic E-state index is 12.5. The van der Waals surface area contributed by atoms with Gasteiger partial charge in [0.25, 0.3) is 10.0 Å². The number of nitriles is 1. The smallest absolute Gasteiger partial charge is 0.262 e. The van der Waals surface area contributed by atoms with Gasteiger partial charge in [-0.05, 0) is 48.4 Å². The van der Waals surface area contributed by atoms with Gasteiger partial charge in [-0.25, -0.2) is 8.42 Å². The van der Waals surface area contributed by atoms with Crippen molar-refractivity contribution in [3.05, 3.63) is 65.3 Å². The van der Waals surface area contributed by atoms with Gasteiger partial charge in [0.15, 0.2) is 0 Å². The third-order valence-corrected chi connectivity index (χ3v) is 5.86. The summed E-state index contributed by atoms with van der Waals surface area (Å²) in [6, 6.07) is 14.1. The van der Waals surface area contributed by atoms with Gasteiger partial charge in [0.05, 0.1) is 10.6 Å². The number of anilines is 1. The molecule has 1 N–H and O–H groups in total. The molecule has 120 valence electrons. The summed E-state index contributed by atoms with van der Waals surface area (Å²) in [5.74, 6) is 0. The second kappa shape index (κ2) is 6.43. The molecule has 2 aromatic heterocycles. The van der Waals surface area contributed by atoms with Crippen molar-refractivity contribution in [1.29, 1.82) is 5.26 Å². The second-order valence-corrected chi connectivity index (χ2v) is 7.86. The Kier molecular flexibility index (Phi) is 4.34. The van der Waals surface area contributed by atoms with Crippen LogP contribution in [0.25, 0.3) is 10.4 Å². The van der Waals surface area contributed by atoms with Gasteiger partial charge in [0, 0.05) is 17.3 Å². The standard InChI is InChI=1S/C17H13N3O2S2/c1-12-2-3-13(17-5-4-14(11-18)23-17)10-16(12)20-24(21,22)15-6-8-19-9-7-15/h2-10,20H,1H3. The van der Waals surface area contributed by atoms with Crippen LogP contribution in [0.5, 0.6) is 0 Å². The highest BCUT2D eigenvalue weighted by Gasteiger charge is 2.15. The lowest BCUT2D eigenvalue weighted by molar-refractivity contribution is 0.601. The molecule has 2 heterocycles. The Labute approximate surface area is 144 Å². The molecule has 0 amide bonds. The van der Waals surface area contributed by atoms with Crippen molar-refractivity contribution in [2.24, 2.45) is 0 Å². The van der Waals surface area contributed by atoms with Crippen molar-refractivity contribution in [2.45, 2.75) is 11.8 Å². The minimum Gasteiger partial charge on any atom is -0.279 e. The van der Waals surface area contributed by atoms with Crippen molar-refractivity contribution in [2.75, 3.05) is 4.72 Å². The van der Waals surface area contributed by atoms with Crippen LogP contribution in [0.2, 0.25) is 0 Å². The number of pyridine rings is 1. The lowest BCUT2D eigenvalue weighted by Gasteiger charge is -2.12. The first kappa shape index (κ1) is 16.2. The molecule has 0 spiro atoms. The third kappa shape index (κ3) is 3.30. The van der Waals surface area contributed by atoms with Gasteiger partial charge in [-0.15, -0.1) is 11.3 Å². The Morgan fingerprint density at radius 3 is 2.54 bits per heavy atom. The van der Waals surface area contributed by atoms with Gasteiger partial charge in [0.2, 0.25) is 0 Å². The molecule has 3 aromatic rings. The van der Waals surface area contributed by atoms with Crippen molar-refractivity contribution in [1.82, 2.24) is 4.98 Å². The van der Waals surface area contributed by atoms with E-state index >= 15 is 0 Å². The molecule has 0 fully saturated rings. The summed E-state index contributed by atoms with van der Waals surface area (Å²) in [6.45, 7) is 1.84. The zero-order valence-corrected chi connectivity index (χ0v) is 14.4. The topological polar surface area (TPSA) is 82.9 Å². The Morgan fingerprint density at radius 1 is 1.12 bits per heavy atom. The monoisotopic (exact) mass is 355 g/mol. The molecule has 5 nitrogen and oxygen atoms in total. The molecular weight excluding hydrogens is 342 g/mol. The minimum absolute atomic E-state index is 0.158. The van der Waals surface area contributed by atoms with Crippen LogP contribution in [0.3, 0.4) is 0 Å². The van der Waals surface area contributed by atoms with E-state index in [0.717, 1.165) is 16.0 Å². The SMILES string of the molecule is Cc1ccc(-c2ccc(C#N)s2)cc1NS(=O)(=O)c1ccncc1. The van der Waals surface area contributed by atoms with Crippen LogP contribution in [0.15, 0.2) is 59.8 Å². The number of sulfonamides is 1.